The first-order valence-corrected chi connectivity index (χ1v) is 6.97. The molecule has 1 fully saturated rings. The Hall–Kier alpha value is -0.945. The van der Waals surface area contributed by atoms with Gasteiger partial charge in [-0.15, -0.1) is 0 Å². The Balaban J connectivity index is 1.93. The van der Waals surface area contributed by atoms with E-state index in [1.165, 1.54) is 12.1 Å². The molecule has 1 saturated heterocycles. The van der Waals surface area contributed by atoms with Crippen molar-refractivity contribution in [3.63, 3.8) is 0 Å². The van der Waals surface area contributed by atoms with Gasteiger partial charge in [0.25, 0.3) is 0 Å². The Morgan fingerprint density at radius 3 is 2.70 bits per heavy atom. The van der Waals surface area contributed by atoms with Crippen molar-refractivity contribution < 1.29 is 19.2 Å². The fourth-order valence-corrected chi connectivity index (χ4v) is 2.64. The van der Waals surface area contributed by atoms with Crippen molar-refractivity contribution in [2.75, 3.05) is 26.8 Å². The molecule has 0 saturated carbocycles. The summed E-state index contributed by atoms with van der Waals surface area (Å²) in [7, 11) is 0.254. The zero-order chi connectivity index (χ0) is 14.5. The van der Waals surface area contributed by atoms with Crippen LogP contribution in [0.2, 0.25) is 0 Å². The Morgan fingerprint density at radius 2 is 2.05 bits per heavy atom. The summed E-state index contributed by atoms with van der Waals surface area (Å²) in [6.45, 7) is 3.29. The number of nitrogens with zero attached hydrogens (tertiary/aromatic N) is 1. The summed E-state index contributed by atoms with van der Waals surface area (Å²) in [5, 5.41) is 18.2. The van der Waals surface area contributed by atoms with E-state index in [0.29, 0.717) is 12.5 Å². The lowest BCUT2D eigenvalue weighted by molar-refractivity contribution is 0.0549. The summed E-state index contributed by atoms with van der Waals surface area (Å²) in [5.74, 6) is 0.0490. The molecule has 2 rings (SSSR count). The second kappa shape index (κ2) is 7.17. The van der Waals surface area contributed by atoms with Crippen LogP contribution in [-0.4, -0.2) is 48.9 Å². The molecule has 20 heavy (non-hydrogen) atoms. The highest BCUT2D eigenvalue weighted by Gasteiger charge is 2.18. The van der Waals surface area contributed by atoms with Crippen LogP contribution in [0, 0.1) is 11.7 Å². The van der Waals surface area contributed by atoms with Crippen LogP contribution in [0.5, 0.6) is 0 Å². The molecule has 0 spiro atoms. The number of ether oxygens (including phenoxy) is 1. The average Bonchev–Trinajstić information content (AvgIpc) is 2.41. The summed E-state index contributed by atoms with van der Waals surface area (Å²) in [6.07, 6.45) is 2.16. The van der Waals surface area contributed by atoms with E-state index < -0.39 is 12.9 Å². The molecular weight excluding hydrogens is 260 g/mol. The van der Waals surface area contributed by atoms with Gasteiger partial charge in [-0.25, -0.2) is 4.39 Å². The maximum atomic E-state index is 13.4. The lowest BCUT2D eigenvalue weighted by Gasteiger charge is -2.27. The molecular formula is C14H21BFNO3. The van der Waals surface area contributed by atoms with Gasteiger partial charge in [-0.3, -0.25) is 0 Å². The first kappa shape index (κ1) is 15.4. The Morgan fingerprint density at radius 1 is 1.35 bits per heavy atom. The van der Waals surface area contributed by atoms with Crippen LogP contribution in [0.15, 0.2) is 18.2 Å². The van der Waals surface area contributed by atoms with Gasteiger partial charge in [0.1, 0.15) is 5.82 Å². The van der Waals surface area contributed by atoms with E-state index in [4.69, 9.17) is 14.8 Å². The fourth-order valence-electron chi connectivity index (χ4n) is 2.64. The summed E-state index contributed by atoms with van der Waals surface area (Å²) in [4.78, 5) is 2.18. The van der Waals surface area contributed by atoms with E-state index >= 15 is 0 Å². The fraction of sp³-hybridized carbons (Fsp3) is 0.571. The highest BCUT2D eigenvalue weighted by molar-refractivity contribution is 6.58. The van der Waals surface area contributed by atoms with Crippen molar-refractivity contribution in [3.8, 4) is 0 Å². The molecule has 4 nitrogen and oxygen atoms in total. The first-order valence-electron chi connectivity index (χ1n) is 6.97. The molecule has 1 aromatic rings. The third-order valence-electron chi connectivity index (χ3n) is 3.70. The summed E-state index contributed by atoms with van der Waals surface area (Å²) in [6, 6.07) is 4.48. The monoisotopic (exact) mass is 281 g/mol. The number of benzene rings is 1. The maximum absolute atomic E-state index is 13.4. The highest BCUT2D eigenvalue weighted by Crippen LogP contribution is 2.16. The molecule has 1 aliphatic heterocycles. The molecule has 0 amide bonds. The topological polar surface area (TPSA) is 52.9 Å². The molecule has 0 unspecified atom stereocenters. The number of hydrogen-bond acceptors (Lipinski definition) is 4. The molecule has 1 heterocycles. The van der Waals surface area contributed by atoms with Crippen molar-refractivity contribution in [2.45, 2.75) is 19.4 Å². The van der Waals surface area contributed by atoms with Gasteiger partial charge < -0.3 is 19.7 Å². The van der Waals surface area contributed by atoms with Gasteiger partial charge in [0.2, 0.25) is 0 Å². The molecule has 6 heteroatoms. The largest absolute Gasteiger partial charge is 0.491 e. The molecule has 110 valence electrons. The normalized spacial score (nSPS) is 16.6. The summed E-state index contributed by atoms with van der Waals surface area (Å²) < 4.78 is 18.7. The van der Waals surface area contributed by atoms with Gasteiger partial charge in [0.15, 0.2) is 0 Å². The molecule has 1 aliphatic rings. The maximum Gasteiger partial charge on any atom is 0.491 e. The van der Waals surface area contributed by atoms with Crippen molar-refractivity contribution in [1.29, 1.82) is 0 Å². The predicted octanol–water partition coefficient (Wildman–Crippen LogP) is 0.364. The zero-order valence-electron chi connectivity index (χ0n) is 11.8. The Kier molecular flexibility index (Phi) is 5.54. The smallest absolute Gasteiger partial charge is 0.423 e. The van der Waals surface area contributed by atoms with Gasteiger partial charge in [-0.1, -0.05) is 12.1 Å². The van der Waals surface area contributed by atoms with E-state index in [2.05, 4.69) is 4.90 Å². The van der Waals surface area contributed by atoms with Crippen LogP contribution < -0.4 is 5.46 Å². The second-order valence-corrected chi connectivity index (χ2v) is 5.48. The standard InChI is InChI=1S/C14H21BFNO3/c1-17(9-11-4-6-20-7-5-11)10-12-2-3-14(16)13(8-12)15(18)19/h2-3,8,11,18-19H,4-7,9-10H2,1H3. The molecule has 2 N–H and O–H groups in total. The second-order valence-electron chi connectivity index (χ2n) is 5.48. The van der Waals surface area contributed by atoms with Crippen molar-refractivity contribution in [3.05, 3.63) is 29.6 Å². The number of rotatable bonds is 5. The van der Waals surface area contributed by atoms with Crippen LogP contribution in [0.25, 0.3) is 0 Å². The van der Waals surface area contributed by atoms with Crippen LogP contribution in [0.3, 0.4) is 0 Å². The molecule has 0 radical (unpaired) electrons. The van der Waals surface area contributed by atoms with Gasteiger partial charge in [-0.05, 0) is 37.4 Å². The van der Waals surface area contributed by atoms with Gasteiger partial charge in [-0.2, -0.15) is 0 Å². The van der Waals surface area contributed by atoms with E-state index in [9.17, 15) is 4.39 Å². The summed E-state index contributed by atoms with van der Waals surface area (Å²) >= 11 is 0. The van der Waals surface area contributed by atoms with E-state index in [0.717, 1.165) is 38.2 Å². The highest BCUT2D eigenvalue weighted by atomic mass is 19.1. The van der Waals surface area contributed by atoms with Crippen molar-refractivity contribution in [1.82, 2.24) is 4.90 Å². The minimum atomic E-state index is -1.77. The SMILES string of the molecule is CN(Cc1ccc(F)c(B(O)O)c1)CC1CCOCC1. The van der Waals surface area contributed by atoms with E-state index in [-0.39, 0.29) is 5.46 Å². The zero-order valence-corrected chi connectivity index (χ0v) is 11.8. The molecule has 0 bridgehead atoms. The van der Waals surface area contributed by atoms with E-state index in [1.54, 1.807) is 6.07 Å². The molecule has 0 aromatic heterocycles. The molecule has 0 aliphatic carbocycles. The predicted molar refractivity (Wildman–Crippen MR) is 76.1 cm³/mol. The third-order valence-corrected chi connectivity index (χ3v) is 3.70. The van der Waals surface area contributed by atoms with Gasteiger partial charge in [0, 0.05) is 31.8 Å². The first-order chi connectivity index (χ1) is 9.56. The quantitative estimate of drug-likeness (QED) is 0.765. The number of halogens is 1. The van der Waals surface area contributed by atoms with Gasteiger partial charge >= 0.3 is 7.12 Å². The minimum absolute atomic E-state index is 0.0676. The Labute approximate surface area is 119 Å². The van der Waals surface area contributed by atoms with Gasteiger partial charge in [0.05, 0.1) is 0 Å². The van der Waals surface area contributed by atoms with Crippen molar-refractivity contribution >= 4 is 12.6 Å². The van der Waals surface area contributed by atoms with Crippen LogP contribution in [0.1, 0.15) is 18.4 Å². The molecule has 0 atom stereocenters. The Bertz CT molecular complexity index is 438. The van der Waals surface area contributed by atoms with Crippen LogP contribution in [-0.2, 0) is 11.3 Å². The number of hydrogen-bond donors (Lipinski definition) is 2. The average molecular weight is 281 g/mol. The minimum Gasteiger partial charge on any atom is -0.423 e. The molecule has 1 aromatic carbocycles. The van der Waals surface area contributed by atoms with Crippen LogP contribution >= 0.6 is 0 Å². The lowest BCUT2D eigenvalue weighted by atomic mass is 9.79. The van der Waals surface area contributed by atoms with E-state index in [1.807, 2.05) is 7.05 Å². The summed E-state index contributed by atoms with van der Waals surface area (Å²) in [5.41, 5.74) is 0.811. The van der Waals surface area contributed by atoms with Crippen LogP contribution in [0.4, 0.5) is 4.39 Å². The van der Waals surface area contributed by atoms with Crippen molar-refractivity contribution in [2.24, 2.45) is 5.92 Å². The third kappa shape index (κ3) is 4.28. The lowest BCUT2D eigenvalue weighted by Crippen LogP contribution is -2.34.